The zero-order chi connectivity index (χ0) is 18.7. The van der Waals surface area contributed by atoms with Crippen LogP contribution in [0.4, 0.5) is 0 Å². The van der Waals surface area contributed by atoms with Gasteiger partial charge in [-0.1, -0.05) is 43.2 Å². The molecule has 0 radical (unpaired) electrons. The number of carbonyl (C=O) groups is 1. The topological polar surface area (TPSA) is 40.5 Å². The number of nitrogens with zero attached hydrogens (tertiary/aromatic N) is 1. The Hall–Kier alpha value is -1.61. The van der Waals surface area contributed by atoms with Gasteiger partial charge < -0.3 is 10.0 Å². The molecule has 1 aliphatic heterocycles. The summed E-state index contributed by atoms with van der Waals surface area (Å²) >= 11 is 0. The molecule has 1 saturated carbocycles. The van der Waals surface area contributed by atoms with Crippen LogP contribution in [0, 0.1) is 12.8 Å². The summed E-state index contributed by atoms with van der Waals surface area (Å²) in [6.45, 7) is 6.85. The summed E-state index contributed by atoms with van der Waals surface area (Å²) in [5.41, 5.74) is 3.15. The molecule has 3 nitrogen and oxygen atoms in total. The van der Waals surface area contributed by atoms with E-state index >= 15 is 0 Å². The van der Waals surface area contributed by atoms with Crippen molar-refractivity contribution in [3.05, 3.63) is 41.5 Å². The third-order valence-electron chi connectivity index (χ3n) is 6.56. The van der Waals surface area contributed by atoms with Crippen molar-refractivity contribution in [1.29, 1.82) is 0 Å². The van der Waals surface area contributed by atoms with Crippen LogP contribution < -0.4 is 0 Å². The Morgan fingerprint density at radius 1 is 1.27 bits per heavy atom. The van der Waals surface area contributed by atoms with Crippen molar-refractivity contribution in [2.45, 2.75) is 77.4 Å². The van der Waals surface area contributed by atoms with Gasteiger partial charge in [-0.2, -0.15) is 0 Å². The second-order valence-electron chi connectivity index (χ2n) is 8.28. The van der Waals surface area contributed by atoms with Gasteiger partial charge in [0.25, 0.3) is 0 Å². The largest absolute Gasteiger partial charge is 0.390 e. The van der Waals surface area contributed by atoms with Gasteiger partial charge in [-0.05, 0) is 63.2 Å². The molecule has 1 N–H and O–H groups in total. The molecule has 1 saturated heterocycles. The number of hydrogen-bond acceptors (Lipinski definition) is 2. The molecule has 1 heterocycles. The number of aryl methyl sites for hydroxylation is 1. The molecule has 3 rings (SSSR count). The van der Waals surface area contributed by atoms with Crippen LogP contribution in [0.3, 0.4) is 0 Å². The maximum Gasteiger partial charge on any atom is 0.223 e. The summed E-state index contributed by atoms with van der Waals surface area (Å²) in [6.07, 6.45) is 8.61. The van der Waals surface area contributed by atoms with E-state index in [2.05, 4.69) is 49.1 Å². The quantitative estimate of drug-likeness (QED) is 0.849. The summed E-state index contributed by atoms with van der Waals surface area (Å²) in [4.78, 5) is 15.1. The predicted octanol–water partition coefficient (Wildman–Crippen LogP) is 4.72. The maximum atomic E-state index is 13.0. The highest BCUT2D eigenvalue weighted by molar-refractivity contribution is 5.80. The SMILES string of the molecule is C/C=C(/CCC(=O)N1CCC(C)(O)C2CCCCC21)c1ccccc1C. The Morgan fingerprint density at radius 2 is 2.00 bits per heavy atom. The number of likely N-dealkylation sites (tertiary alicyclic amines) is 1. The van der Waals surface area contributed by atoms with Gasteiger partial charge in [0, 0.05) is 24.9 Å². The van der Waals surface area contributed by atoms with E-state index in [1.54, 1.807) is 0 Å². The lowest BCUT2D eigenvalue weighted by Crippen LogP contribution is -2.59. The van der Waals surface area contributed by atoms with Gasteiger partial charge in [-0.15, -0.1) is 0 Å². The van der Waals surface area contributed by atoms with Gasteiger partial charge in [-0.25, -0.2) is 0 Å². The standard InChI is InChI=1S/C23H33NO2/c1-4-18(19-10-6-5-9-17(19)2)13-14-22(25)24-16-15-23(3,26)20-11-7-8-12-21(20)24/h4-6,9-10,20-21,26H,7-8,11-16H2,1-3H3/b18-4-. The minimum Gasteiger partial charge on any atom is -0.390 e. The molecule has 3 unspecified atom stereocenters. The van der Waals surface area contributed by atoms with E-state index in [0.717, 1.165) is 19.3 Å². The molecule has 3 atom stereocenters. The van der Waals surface area contributed by atoms with Crippen LogP contribution in [0.2, 0.25) is 0 Å². The molecule has 26 heavy (non-hydrogen) atoms. The number of rotatable bonds is 4. The Bertz CT molecular complexity index is 677. The molecule has 1 amide bonds. The van der Waals surface area contributed by atoms with E-state index in [1.807, 2.05) is 6.92 Å². The summed E-state index contributed by atoms with van der Waals surface area (Å²) in [7, 11) is 0. The molecule has 0 aromatic heterocycles. The van der Waals surface area contributed by atoms with Crippen molar-refractivity contribution in [1.82, 2.24) is 4.90 Å². The molecule has 2 fully saturated rings. The van der Waals surface area contributed by atoms with Crippen molar-refractivity contribution in [3.63, 3.8) is 0 Å². The summed E-state index contributed by atoms with van der Waals surface area (Å²) in [6, 6.07) is 8.62. The molecule has 0 bridgehead atoms. The third kappa shape index (κ3) is 3.88. The zero-order valence-corrected chi connectivity index (χ0v) is 16.5. The molecule has 2 aliphatic rings. The first-order chi connectivity index (χ1) is 12.4. The fourth-order valence-electron chi connectivity index (χ4n) is 4.97. The van der Waals surface area contributed by atoms with Gasteiger partial charge in [0.15, 0.2) is 0 Å². The Labute approximate surface area is 158 Å². The van der Waals surface area contributed by atoms with E-state index in [9.17, 15) is 9.90 Å². The molecule has 142 valence electrons. The number of hydrogen-bond donors (Lipinski definition) is 1. The van der Waals surface area contributed by atoms with E-state index in [0.29, 0.717) is 19.4 Å². The van der Waals surface area contributed by atoms with Gasteiger partial charge in [0.1, 0.15) is 0 Å². The minimum absolute atomic E-state index is 0.229. The Kier molecular flexibility index (Phi) is 5.86. The number of allylic oxidation sites excluding steroid dienone is 2. The average molecular weight is 356 g/mol. The molecular formula is C23H33NO2. The summed E-state index contributed by atoms with van der Waals surface area (Å²) in [5, 5.41) is 10.8. The van der Waals surface area contributed by atoms with Crippen LogP contribution in [0.25, 0.3) is 5.57 Å². The van der Waals surface area contributed by atoms with E-state index < -0.39 is 5.60 Å². The molecule has 1 aliphatic carbocycles. The number of carbonyl (C=O) groups excluding carboxylic acids is 1. The van der Waals surface area contributed by atoms with E-state index in [-0.39, 0.29) is 17.9 Å². The van der Waals surface area contributed by atoms with Gasteiger partial charge in [-0.3, -0.25) is 4.79 Å². The highest BCUT2D eigenvalue weighted by Crippen LogP contribution is 2.41. The lowest BCUT2D eigenvalue weighted by atomic mass is 9.70. The fourth-order valence-corrected chi connectivity index (χ4v) is 4.97. The van der Waals surface area contributed by atoms with Crippen LogP contribution in [-0.2, 0) is 4.79 Å². The van der Waals surface area contributed by atoms with Gasteiger partial charge >= 0.3 is 0 Å². The van der Waals surface area contributed by atoms with Crippen LogP contribution in [0.15, 0.2) is 30.3 Å². The molecule has 1 aromatic carbocycles. The maximum absolute atomic E-state index is 13.0. The summed E-state index contributed by atoms with van der Waals surface area (Å²) in [5.74, 6) is 0.497. The first-order valence-corrected chi connectivity index (χ1v) is 10.2. The number of benzene rings is 1. The first-order valence-electron chi connectivity index (χ1n) is 10.2. The van der Waals surface area contributed by atoms with Crippen molar-refractivity contribution < 1.29 is 9.90 Å². The van der Waals surface area contributed by atoms with E-state index in [4.69, 9.17) is 0 Å². The van der Waals surface area contributed by atoms with Crippen molar-refractivity contribution >= 4 is 11.5 Å². The monoisotopic (exact) mass is 355 g/mol. The van der Waals surface area contributed by atoms with Gasteiger partial charge in [0.05, 0.1) is 5.60 Å². The van der Waals surface area contributed by atoms with Crippen molar-refractivity contribution in [2.75, 3.05) is 6.54 Å². The highest BCUT2D eigenvalue weighted by atomic mass is 16.3. The van der Waals surface area contributed by atoms with Crippen molar-refractivity contribution in [2.24, 2.45) is 5.92 Å². The predicted molar refractivity (Wildman–Crippen MR) is 107 cm³/mol. The normalized spacial score (nSPS) is 29.4. The second-order valence-corrected chi connectivity index (χ2v) is 8.28. The second kappa shape index (κ2) is 7.96. The smallest absolute Gasteiger partial charge is 0.223 e. The number of piperidine rings is 1. The molecule has 1 aromatic rings. The number of fused-ring (bicyclic) bond motifs is 1. The third-order valence-corrected chi connectivity index (χ3v) is 6.56. The van der Waals surface area contributed by atoms with Crippen molar-refractivity contribution in [3.8, 4) is 0 Å². The minimum atomic E-state index is -0.614. The zero-order valence-electron chi connectivity index (χ0n) is 16.5. The average Bonchev–Trinajstić information content (AvgIpc) is 2.63. The highest BCUT2D eigenvalue weighted by Gasteiger charge is 2.46. The Balaban J connectivity index is 1.67. The van der Waals surface area contributed by atoms with Gasteiger partial charge in [0.2, 0.25) is 5.91 Å². The fraction of sp³-hybridized carbons (Fsp3) is 0.609. The first kappa shape index (κ1) is 19.2. The molecule has 0 spiro atoms. The molecular weight excluding hydrogens is 322 g/mol. The van der Waals surface area contributed by atoms with Crippen LogP contribution >= 0.6 is 0 Å². The number of aliphatic hydroxyl groups is 1. The van der Waals surface area contributed by atoms with Crippen LogP contribution in [-0.4, -0.2) is 34.1 Å². The lowest BCUT2D eigenvalue weighted by Gasteiger charge is -2.51. The van der Waals surface area contributed by atoms with E-state index in [1.165, 1.54) is 29.5 Å². The summed E-state index contributed by atoms with van der Waals surface area (Å²) < 4.78 is 0. The number of amides is 1. The van der Waals surface area contributed by atoms with Crippen LogP contribution in [0.1, 0.15) is 69.9 Å². The Morgan fingerprint density at radius 3 is 2.73 bits per heavy atom. The molecule has 3 heteroatoms. The van der Waals surface area contributed by atoms with Crippen LogP contribution in [0.5, 0.6) is 0 Å². The lowest BCUT2D eigenvalue weighted by molar-refractivity contribution is -0.150.